The average Bonchev–Trinajstić information content (AvgIpc) is 3.12. The van der Waals surface area contributed by atoms with Crippen molar-refractivity contribution in [1.29, 1.82) is 0 Å². The summed E-state index contributed by atoms with van der Waals surface area (Å²) in [5.74, 6) is -1.87. The third-order valence-electron chi connectivity index (χ3n) is 4.74. The lowest BCUT2D eigenvalue weighted by molar-refractivity contribution is -0.130. The number of anilines is 1. The third-order valence-corrected chi connectivity index (χ3v) is 4.74. The monoisotopic (exact) mass is 391 g/mol. The minimum atomic E-state index is -0.972. The third kappa shape index (κ3) is 4.08. The van der Waals surface area contributed by atoms with Gasteiger partial charge in [0.2, 0.25) is 17.7 Å². The zero-order valence-corrected chi connectivity index (χ0v) is 15.3. The molecule has 1 aliphatic heterocycles. The van der Waals surface area contributed by atoms with E-state index in [1.54, 1.807) is 42.6 Å². The fraction of sp³-hybridized carbons (Fsp3) is 0.136. The lowest BCUT2D eigenvalue weighted by Crippen LogP contribution is -2.32. The minimum absolute atomic E-state index is 0.0446. The first-order valence-corrected chi connectivity index (χ1v) is 9.14. The van der Waals surface area contributed by atoms with Crippen LogP contribution in [0, 0.1) is 11.7 Å². The van der Waals surface area contributed by atoms with Gasteiger partial charge in [0.05, 0.1) is 5.69 Å². The van der Waals surface area contributed by atoms with Crippen LogP contribution in [0.25, 0.3) is 0 Å². The van der Waals surface area contributed by atoms with Gasteiger partial charge in [-0.25, -0.2) is 9.37 Å². The lowest BCUT2D eigenvalue weighted by atomic mass is 9.87. The minimum Gasteiger partial charge on any atom is -0.439 e. The highest BCUT2D eigenvalue weighted by molar-refractivity contribution is 6.08. The number of pyridine rings is 1. The van der Waals surface area contributed by atoms with E-state index < -0.39 is 23.6 Å². The van der Waals surface area contributed by atoms with Gasteiger partial charge in [0.15, 0.2) is 0 Å². The zero-order chi connectivity index (χ0) is 20.2. The van der Waals surface area contributed by atoms with Crippen molar-refractivity contribution in [3.8, 4) is 11.6 Å². The average molecular weight is 391 g/mol. The summed E-state index contributed by atoms with van der Waals surface area (Å²) in [4.78, 5) is 29.2. The van der Waals surface area contributed by atoms with Gasteiger partial charge < -0.3 is 15.4 Å². The van der Waals surface area contributed by atoms with Crippen LogP contribution in [0.15, 0.2) is 72.9 Å². The van der Waals surface area contributed by atoms with E-state index in [1.807, 2.05) is 12.1 Å². The van der Waals surface area contributed by atoms with Crippen molar-refractivity contribution in [3.05, 3.63) is 84.3 Å². The number of hydrogen-bond acceptors (Lipinski definition) is 4. The topological polar surface area (TPSA) is 80.3 Å². The molecule has 0 bridgehead atoms. The van der Waals surface area contributed by atoms with Crippen molar-refractivity contribution in [3.63, 3.8) is 0 Å². The van der Waals surface area contributed by atoms with Crippen LogP contribution in [0.3, 0.4) is 0 Å². The van der Waals surface area contributed by atoms with Crippen molar-refractivity contribution in [1.82, 2.24) is 10.3 Å². The molecule has 7 heteroatoms. The molecule has 0 radical (unpaired) electrons. The van der Waals surface area contributed by atoms with Crippen molar-refractivity contribution >= 4 is 17.5 Å². The molecule has 2 aromatic carbocycles. The van der Waals surface area contributed by atoms with E-state index in [4.69, 9.17) is 4.74 Å². The van der Waals surface area contributed by atoms with Crippen LogP contribution in [-0.2, 0) is 9.59 Å². The number of ether oxygens (including phenoxy) is 1. The van der Waals surface area contributed by atoms with Crippen molar-refractivity contribution in [2.75, 3.05) is 11.9 Å². The van der Waals surface area contributed by atoms with Crippen LogP contribution in [0.5, 0.6) is 11.6 Å². The number of nitrogens with one attached hydrogen (secondary N) is 2. The molecule has 1 fully saturated rings. The molecule has 29 heavy (non-hydrogen) atoms. The molecule has 6 nitrogen and oxygen atoms in total. The summed E-state index contributed by atoms with van der Waals surface area (Å²) in [6, 6.07) is 18.4. The Bertz CT molecular complexity index is 1040. The van der Waals surface area contributed by atoms with E-state index in [9.17, 15) is 14.0 Å². The normalized spacial score (nSPS) is 18.2. The lowest BCUT2D eigenvalue weighted by Gasteiger charge is -2.18. The Morgan fingerprint density at radius 2 is 1.93 bits per heavy atom. The highest BCUT2D eigenvalue weighted by Crippen LogP contribution is 2.33. The fourth-order valence-corrected chi connectivity index (χ4v) is 3.34. The van der Waals surface area contributed by atoms with Gasteiger partial charge >= 0.3 is 0 Å². The van der Waals surface area contributed by atoms with Crippen LogP contribution < -0.4 is 15.4 Å². The van der Waals surface area contributed by atoms with Gasteiger partial charge in [0.25, 0.3) is 0 Å². The molecule has 3 aromatic rings. The van der Waals surface area contributed by atoms with Gasteiger partial charge in [0.1, 0.15) is 17.5 Å². The van der Waals surface area contributed by atoms with Gasteiger partial charge in [-0.15, -0.1) is 0 Å². The Kier molecular flexibility index (Phi) is 5.20. The Hall–Kier alpha value is -3.74. The maximum atomic E-state index is 13.9. The highest BCUT2D eigenvalue weighted by atomic mass is 19.1. The predicted octanol–water partition coefficient (Wildman–Crippen LogP) is 3.48. The van der Waals surface area contributed by atoms with Crippen LogP contribution in [-0.4, -0.2) is 23.3 Å². The number of rotatable bonds is 5. The van der Waals surface area contributed by atoms with Gasteiger partial charge in [-0.3, -0.25) is 9.59 Å². The molecule has 1 aromatic heterocycles. The number of hydrogen-bond donors (Lipinski definition) is 2. The highest BCUT2D eigenvalue weighted by Gasteiger charge is 2.41. The Balaban J connectivity index is 1.55. The van der Waals surface area contributed by atoms with E-state index >= 15 is 0 Å². The molecule has 0 saturated carbocycles. The first-order valence-electron chi connectivity index (χ1n) is 9.14. The summed E-state index contributed by atoms with van der Waals surface area (Å²) in [5, 5.41) is 5.24. The molecular weight excluding hydrogens is 373 g/mol. The summed E-state index contributed by atoms with van der Waals surface area (Å²) in [7, 11) is 0. The molecule has 4 rings (SSSR count). The maximum absolute atomic E-state index is 13.9. The second-order valence-corrected chi connectivity index (χ2v) is 6.64. The molecule has 2 N–H and O–H groups in total. The summed E-state index contributed by atoms with van der Waals surface area (Å²) < 4.78 is 19.6. The fourth-order valence-electron chi connectivity index (χ4n) is 3.34. The number of amides is 2. The van der Waals surface area contributed by atoms with Crippen LogP contribution >= 0.6 is 0 Å². The molecule has 2 unspecified atom stereocenters. The summed E-state index contributed by atoms with van der Waals surface area (Å²) >= 11 is 0. The molecule has 2 heterocycles. The van der Waals surface area contributed by atoms with E-state index in [2.05, 4.69) is 15.6 Å². The molecular formula is C22H18FN3O3. The summed E-state index contributed by atoms with van der Waals surface area (Å²) in [6.45, 7) is 0.307. The second-order valence-electron chi connectivity index (χ2n) is 6.64. The van der Waals surface area contributed by atoms with Crippen molar-refractivity contribution < 1.29 is 18.7 Å². The van der Waals surface area contributed by atoms with E-state index in [0.717, 1.165) is 5.56 Å². The van der Waals surface area contributed by atoms with Gasteiger partial charge in [-0.05, 0) is 35.9 Å². The molecule has 1 aliphatic rings. The number of para-hydroxylation sites is 1. The Morgan fingerprint density at radius 1 is 1.10 bits per heavy atom. The molecule has 146 valence electrons. The van der Waals surface area contributed by atoms with Gasteiger partial charge in [-0.1, -0.05) is 30.3 Å². The number of carbonyl (C=O) groups excluding carboxylic acids is 2. The SMILES string of the molecule is O=C1NCC(c2cccc(Oc3ccccn3)c2)C1C(=O)Nc1ccccc1F. The number of halogens is 1. The standard InChI is InChI=1S/C22H18FN3O3/c23-17-8-1-2-9-18(17)26-22(28)20-16(13-25-21(20)27)14-6-5-7-15(12-14)29-19-10-3-4-11-24-19/h1-12,16,20H,13H2,(H,25,27)(H,26,28). The second kappa shape index (κ2) is 8.10. The quantitative estimate of drug-likeness (QED) is 0.653. The first-order chi connectivity index (χ1) is 14.1. The van der Waals surface area contributed by atoms with Gasteiger partial charge in [0, 0.05) is 24.7 Å². The molecule has 0 aliphatic carbocycles. The smallest absolute Gasteiger partial charge is 0.237 e. The zero-order valence-electron chi connectivity index (χ0n) is 15.3. The van der Waals surface area contributed by atoms with E-state index in [1.165, 1.54) is 18.2 Å². The van der Waals surface area contributed by atoms with Crippen molar-refractivity contribution in [2.45, 2.75) is 5.92 Å². The molecule has 2 amide bonds. The largest absolute Gasteiger partial charge is 0.439 e. The van der Waals surface area contributed by atoms with Gasteiger partial charge in [-0.2, -0.15) is 0 Å². The predicted molar refractivity (Wildman–Crippen MR) is 105 cm³/mol. The van der Waals surface area contributed by atoms with E-state index in [0.29, 0.717) is 18.2 Å². The number of aromatic nitrogens is 1. The van der Waals surface area contributed by atoms with E-state index in [-0.39, 0.29) is 11.6 Å². The maximum Gasteiger partial charge on any atom is 0.237 e. The summed E-state index contributed by atoms with van der Waals surface area (Å²) in [5.41, 5.74) is 0.814. The summed E-state index contributed by atoms with van der Waals surface area (Å²) in [6.07, 6.45) is 1.63. The first kappa shape index (κ1) is 18.6. The number of benzene rings is 2. The molecule has 2 atom stereocenters. The number of carbonyl (C=O) groups is 2. The Labute approximate surface area is 166 Å². The Morgan fingerprint density at radius 3 is 2.72 bits per heavy atom. The van der Waals surface area contributed by atoms with Crippen LogP contribution in [0.2, 0.25) is 0 Å². The number of nitrogens with zero attached hydrogens (tertiary/aromatic N) is 1. The van der Waals surface area contributed by atoms with Crippen molar-refractivity contribution in [2.24, 2.45) is 5.92 Å². The molecule has 1 saturated heterocycles. The van der Waals surface area contributed by atoms with Crippen LogP contribution in [0.1, 0.15) is 11.5 Å². The molecule has 0 spiro atoms. The van der Waals surface area contributed by atoms with Crippen LogP contribution in [0.4, 0.5) is 10.1 Å².